The lowest BCUT2D eigenvalue weighted by Crippen LogP contribution is -2.18. The fourth-order valence-electron chi connectivity index (χ4n) is 1.83. The van der Waals surface area contributed by atoms with E-state index in [1.54, 1.807) is 4.68 Å². The highest BCUT2D eigenvalue weighted by atomic mass is 16.4. The quantitative estimate of drug-likeness (QED) is 0.900. The molecule has 1 N–H and O–H groups in total. The van der Waals surface area contributed by atoms with Gasteiger partial charge in [-0.3, -0.25) is 0 Å². The van der Waals surface area contributed by atoms with E-state index in [4.69, 9.17) is 5.11 Å². The highest BCUT2D eigenvalue weighted by molar-refractivity contribution is 5.83. The molecule has 19 heavy (non-hydrogen) atoms. The van der Waals surface area contributed by atoms with Crippen molar-refractivity contribution in [3.05, 3.63) is 41.5 Å². The van der Waals surface area contributed by atoms with Crippen molar-refractivity contribution in [2.24, 2.45) is 0 Å². The number of aromatic carboxylic acids is 1. The topological polar surface area (TPSA) is 68.0 Å². The second kappa shape index (κ2) is 4.50. The van der Waals surface area contributed by atoms with Crippen LogP contribution in [-0.2, 0) is 5.41 Å². The molecule has 0 aliphatic carbocycles. The molecule has 5 heteroatoms. The summed E-state index contributed by atoms with van der Waals surface area (Å²) in [5.41, 5.74) is 1.62. The van der Waals surface area contributed by atoms with E-state index in [1.165, 1.54) is 0 Å². The number of hydrogen-bond acceptors (Lipinski definition) is 3. The first-order chi connectivity index (χ1) is 8.79. The number of benzene rings is 1. The summed E-state index contributed by atoms with van der Waals surface area (Å²) in [6.07, 6.45) is 0. The highest BCUT2D eigenvalue weighted by Gasteiger charge is 2.25. The zero-order valence-electron chi connectivity index (χ0n) is 11.5. The monoisotopic (exact) mass is 259 g/mol. The smallest absolute Gasteiger partial charge is 0.375 e. The van der Waals surface area contributed by atoms with Gasteiger partial charge in [0, 0.05) is 5.41 Å². The van der Waals surface area contributed by atoms with Crippen LogP contribution in [0.1, 0.15) is 42.8 Å². The van der Waals surface area contributed by atoms with Crippen molar-refractivity contribution in [1.82, 2.24) is 14.8 Å². The number of aryl methyl sites for hydroxylation is 1. The summed E-state index contributed by atoms with van der Waals surface area (Å²) in [7, 11) is 0. The first-order valence-electron chi connectivity index (χ1n) is 6.07. The lowest BCUT2D eigenvalue weighted by atomic mass is 9.95. The summed E-state index contributed by atoms with van der Waals surface area (Å²) >= 11 is 0. The Kier molecular flexibility index (Phi) is 3.14. The van der Waals surface area contributed by atoms with E-state index in [-0.39, 0.29) is 11.2 Å². The average molecular weight is 259 g/mol. The van der Waals surface area contributed by atoms with Gasteiger partial charge >= 0.3 is 5.97 Å². The van der Waals surface area contributed by atoms with Crippen LogP contribution in [0, 0.1) is 6.92 Å². The minimum Gasteiger partial charge on any atom is -0.475 e. The Hall–Kier alpha value is -2.17. The summed E-state index contributed by atoms with van der Waals surface area (Å²) < 4.78 is 1.61. The standard InChI is InChI=1S/C14H17N3O2/c1-9-6-5-7-10(8-9)17-13(14(2,3)4)15-11(16-17)12(18)19/h5-8H,1-4H3,(H,18,19). The third kappa shape index (κ3) is 2.65. The molecule has 1 aromatic carbocycles. The van der Waals surface area contributed by atoms with Gasteiger partial charge in [-0.25, -0.2) is 14.5 Å². The van der Waals surface area contributed by atoms with Crippen LogP contribution >= 0.6 is 0 Å². The van der Waals surface area contributed by atoms with Crippen LogP contribution < -0.4 is 0 Å². The molecule has 2 aromatic rings. The lowest BCUT2D eigenvalue weighted by molar-refractivity contribution is 0.0683. The van der Waals surface area contributed by atoms with Crippen LogP contribution in [0.5, 0.6) is 0 Å². The van der Waals surface area contributed by atoms with Gasteiger partial charge in [0.25, 0.3) is 5.82 Å². The Labute approximate surface area is 111 Å². The van der Waals surface area contributed by atoms with Crippen LogP contribution in [-0.4, -0.2) is 25.8 Å². The molecule has 0 amide bonds. The molecule has 1 aromatic heterocycles. The van der Waals surface area contributed by atoms with Gasteiger partial charge in [-0.05, 0) is 24.6 Å². The number of hydrogen-bond donors (Lipinski definition) is 1. The SMILES string of the molecule is Cc1cccc(-n2nc(C(=O)O)nc2C(C)(C)C)c1. The van der Waals surface area contributed by atoms with Crippen LogP contribution in [0.2, 0.25) is 0 Å². The Morgan fingerprint density at radius 1 is 1.32 bits per heavy atom. The molecule has 0 fully saturated rings. The van der Waals surface area contributed by atoms with Gasteiger partial charge in [-0.15, -0.1) is 5.10 Å². The molecule has 0 unspecified atom stereocenters. The van der Waals surface area contributed by atoms with Crippen LogP contribution in [0.4, 0.5) is 0 Å². The molecule has 0 aliphatic rings. The van der Waals surface area contributed by atoms with Gasteiger partial charge in [0.1, 0.15) is 5.82 Å². The molecule has 100 valence electrons. The van der Waals surface area contributed by atoms with Crippen molar-refractivity contribution in [3.8, 4) is 5.69 Å². The van der Waals surface area contributed by atoms with E-state index in [0.29, 0.717) is 5.82 Å². The second-order valence-corrected chi connectivity index (χ2v) is 5.56. The van der Waals surface area contributed by atoms with E-state index in [0.717, 1.165) is 11.3 Å². The highest BCUT2D eigenvalue weighted by Crippen LogP contribution is 2.23. The summed E-state index contributed by atoms with van der Waals surface area (Å²) in [5, 5.41) is 13.1. The molecule has 0 spiro atoms. The van der Waals surface area contributed by atoms with E-state index in [2.05, 4.69) is 10.1 Å². The molecular formula is C14H17N3O2. The van der Waals surface area contributed by atoms with Gasteiger partial charge in [-0.2, -0.15) is 0 Å². The fourth-order valence-corrected chi connectivity index (χ4v) is 1.83. The summed E-state index contributed by atoms with van der Waals surface area (Å²) in [6.45, 7) is 7.92. The van der Waals surface area contributed by atoms with E-state index >= 15 is 0 Å². The number of rotatable bonds is 2. The molecular weight excluding hydrogens is 242 g/mol. The summed E-state index contributed by atoms with van der Waals surface area (Å²) in [4.78, 5) is 15.2. The molecule has 0 saturated carbocycles. The van der Waals surface area contributed by atoms with Crippen LogP contribution in [0.3, 0.4) is 0 Å². The predicted molar refractivity (Wildman–Crippen MR) is 71.8 cm³/mol. The zero-order valence-corrected chi connectivity index (χ0v) is 11.5. The van der Waals surface area contributed by atoms with Gasteiger partial charge < -0.3 is 5.11 Å². The molecule has 1 heterocycles. The largest absolute Gasteiger partial charge is 0.475 e. The van der Waals surface area contributed by atoms with Crippen molar-refractivity contribution < 1.29 is 9.90 Å². The van der Waals surface area contributed by atoms with Crippen molar-refractivity contribution in [2.75, 3.05) is 0 Å². The maximum Gasteiger partial charge on any atom is 0.375 e. The zero-order chi connectivity index (χ0) is 14.2. The molecule has 0 bridgehead atoms. The van der Waals surface area contributed by atoms with E-state index < -0.39 is 5.97 Å². The first kappa shape index (κ1) is 13.3. The number of carboxylic acid groups (broad SMARTS) is 1. The average Bonchev–Trinajstić information content (AvgIpc) is 2.73. The van der Waals surface area contributed by atoms with E-state index in [1.807, 2.05) is 52.0 Å². The van der Waals surface area contributed by atoms with Gasteiger partial charge in [0.2, 0.25) is 0 Å². The minimum atomic E-state index is -1.11. The van der Waals surface area contributed by atoms with Crippen molar-refractivity contribution in [1.29, 1.82) is 0 Å². The molecule has 5 nitrogen and oxygen atoms in total. The van der Waals surface area contributed by atoms with Crippen LogP contribution in [0.25, 0.3) is 5.69 Å². The molecule has 0 atom stereocenters. The van der Waals surface area contributed by atoms with Gasteiger partial charge in [0.05, 0.1) is 5.69 Å². The molecule has 2 rings (SSSR count). The lowest BCUT2D eigenvalue weighted by Gasteiger charge is -2.18. The third-order valence-corrected chi connectivity index (χ3v) is 2.72. The van der Waals surface area contributed by atoms with Gasteiger partial charge in [-0.1, -0.05) is 32.9 Å². The third-order valence-electron chi connectivity index (χ3n) is 2.72. The number of nitrogens with zero attached hydrogens (tertiary/aromatic N) is 3. The second-order valence-electron chi connectivity index (χ2n) is 5.56. The molecule has 0 aliphatic heterocycles. The van der Waals surface area contributed by atoms with E-state index in [9.17, 15) is 4.79 Å². The predicted octanol–water partition coefficient (Wildman–Crippen LogP) is 2.57. The summed E-state index contributed by atoms with van der Waals surface area (Å²) in [5.74, 6) is -0.654. The van der Waals surface area contributed by atoms with Crippen molar-refractivity contribution >= 4 is 5.97 Å². The number of carbonyl (C=O) groups is 1. The fraction of sp³-hybridized carbons (Fsp3) is 0.357. The van der Waals surface area contributed by atoms with Crippen molar-refractivity contribution in [3.63, 3.8) is 0 Å². The maximum absolute atomic E-state index is 11.1. The Morgan fingerprint density at radius 3 is 2.53 bits per heavy atom. The maximum atomic E-state index is 11.1. The first-order valence-corrected chi connectivity index (χ1v) is 6.07. The summed E-state index contributed by atoms with van der Waals surface area (Å²) in [6, 6.07) is 7.74. The van der Waals surface area contributed by atoms with Gasteiger partial charge in [0.15, 0.2) is 0 Å². The Morgan fingerprint density at radius 2 is 2.00 bits per heavy atom. The molecule has 0 saturated heterocycles. The normalized spacial score (nSPS) is 11.6. The van der Waals surface area contributed by atoms with Crippen molar-refractivity contribution in [2.45, 2.75) is 33.1 Å². The Balaban J connectivity index is 2.64. The van der Waals surface area contributed by atoms with Crippen LogP contribution in [0.15, 0.2) is 24.3 Å². The Bertz CT molecular complexity index is 624. The number of aromatic nitrogens is 3. The minimum absolute atomic E-state index is 0.175. The molecule has 0 radical (unpaired) electrons. The number of carboxylic acids is 1.